The fourth-order valence-corrected chi connectivity index (χ4v) is 2.79. The van der Waals surface area contributed by atoms with Gasteiger partial charge in [0.15, 0.2) is 0 Å². The average Bonchev–Trinajstić information content (AvgIpc) is 2.86. The van der Waals surface area contributed by atoms with Gasteiger partial charge in [0.1, 0.15) is 0 Å². The topological polar surface area (TPSA) is 38.0 Å². The highest BCUT2D eigenvalue weighted by Crippen LogP contribution is 2.22. The molecule has 0 amide bonds. The minimum atomic E-state index is -0.557. The molecule has 0 aliphatic heterocycles. The lowest BCUT2D eigenvalue weighted by Gasteiger charge is -2.13. The van der Waals surface area contributed by atoms with E-state index in [1.807, 2.05) is 28.8 Å². The standard InChI is InChI=1S/C16H14Cl2N2O/c17-12-5-6-14(18)11(7-12)8-13(21)9-20-10-19-15-3-1-2-4-16(15)20/h1-7,10,13,21H,8-9H2. The third kappa shape index (κ3) is 3.21. The molecule has 0 aliphatic carbocycles. The van der Waals surface area contributed by atoms with Crippen LogP contribution in [0.25, 0.3) is 11.0 Å². The number of aliphatic hydroxyl groups excluding tert-OH is 1. The van der Waals surface area contributed by atoms with Crippen LogP contribution >= 0.6 is 23.2 Å². The number of aliphatic hydroxyl groups is 1. The number of benzene rings is 2. The van der Waals surface area contributed by atoms with Crippen LogP contribution in [0.15, 0.2) is 48.8 Å². The summed E-state index contributed by atoms with van der Waals surface area (Å²) in [7, 11) is 0. The van der Waals surface area contributed by atoms with Gasteiger partial charge in [-0.15, -0.1) is 0 Å². The highest BCUT2D eigenvalue weighted by molar-refractivity contribution is 6.33. The first kappa shape index (κ1) is 14.4. The van der Waals surface area contributed by atoms with Gasteiger partial charge in [0.25, 0.3) is 0 Å². The summed E-state index contributed by atoms with van der Waals surface area (Å²) in [6.07, 6.45) is 1.64. The molecule has 0 radical (unpaired) electrons. The highest BCUT2D eigenvalue weighted by atomic mass is 35.5. The Kier molecular flexibility index (Phi) is 4.15. The van der Waals surface area contributed by atoms with Crippen LogP contribution in [0.1, 0.15) is 5.56 Å². The molecule has 108 valence electrons. The van der Waals surface area contributed by atoms with E-state index in [1.54, 1.807) is 24.5 Å². The van der Waals surface area contributed by atoms with Crippen molar-refractivity contribution < 1.29 is 5.11 Å². The monoisotopic (exact) mass is 320 g/mol. The molecule has 5 heteroatoms. The minimum Gasteiger partial charge on any atom is -0.391 e. The zero-order valence-corrected chi connectivity index (χ0v) is 12.7. The number of imidazole rings is 1. The Hall–Kier alpha value is -1.55. The van der Waals surface area contributed by atoms with E-state index in [2.05, 4.69) is 4.98 Å². The molecule has 1 aromatic heterocycles. The first-order valence-corrected chi connectivity index (χ1v) is 7.41. The normalized spacial score (nSPS) is 12.7. The van der Waals surface area contributed by atoms with Crippen molar-refractivity contribution in [3.05, 3.63) is 64.4 Å². The summed E-state index contributed by atoms with van der Waals surface area (Å²) in [6.45, 7) is 0.462. The summed E-state index contributed by atoms with van der Waals surface area (Å²) in [5.74, 6) is 0. The summed E-state index contributed by atoms with van der Waals surface area (Å²) in [6, 6.07) is 13.1. The van der Waals surface area contributed by atoms with Crippen LogP contribution in [0.3, 0.4) is 0 Å². The molecule has 0 fully saturated rings. The Morgan fingerprint density at radius 2 is 1.95 bits per heavy atom. The molecule has 2 aromatic carbocycles. The van der Waals surface area contributed by atoms with Crippen LogP contribution in [0, 0.1) is 0 Å². The molecule has 0 saturated heterocycles. The van der Waals surface area contributed by atoms with E-state index in [0.29, 0.717) is 23.0 Å². The molecule has 1 atom stereocenters. The van der Waals surface area contributed by atoms with E-state index in [1.165, 1.54) is 0 Å². The van der Waals surface area contributed by atoms with Gasteiger partial charge in [-0.2, -0.15) is 0 Å². The number of aromatic nitrogens is 2. The Morgan fingerprint density at radius 1 is 1.14 bits per heavy atom. The number of hydrogen-bond acceptors (Lipinski definition) is 2. The molecule has 0 aliphatic rings. The van der Waals surface area contributed by atoms with E-state index in [9.17, 15) is 5.11 Å². The lowest BCUT2D eigenvalue weighted by molar-refractivity contribution is 0.155. The van der Waals surface area contributed by atoms with Crippen molar-refractivity contribution in [1.29, 1.82) is 0 Å². The van der Waals surface area contributed by atoms with Crippen LogP contribution in [0.2, 0.25) is 10.0 Å². The zero-order valence-electron chi connectivity index (χ0n) is 11.2. The number of nitrogens with zero attached hydrogens (tertiary/aromatic N) is 2. The van der Waals surface area contributed by atoms with Crippen molar-refractivity contribution in [2.75, 3.05) is 0 Å². The van der Waals surface area contributed by atoms with Crippen molar-refractivity contribution in [3.63, 3.8) is 0 Å². The van der Waals surface area contributed by atoms with Crippen molar-refractivity contribution >= 4 is 34.2 Å². The average molecular weight is 321 g/mol. The number of hydrogen-bond donors (Lipinski definition) is 1. The van der Waals surface area contributed by atoms with Crippen LogP contribution < -0.4 is 0 Å². The van der Waals surface area contributed by atoms with E-state index in [4.69, 9.17) is 23.2 Å². The summed E-state index contributed by atoms with van der Waals surface area (Å²) < 4.78 is 1.94. The molecule has 0 saturated carbocycles. The van der Waals surface area contributed by atoms with Crippen molar-refractivity contribution in [1.82, 2.24) is 9.55 Å². The fraction of sp³-hybridized carbons (Fsp3) is 0.188. The highest BCUT2D eigenvalue weighted by Gasteiger charge is 2.11. The van der Waals surface area contributed by atoms with E-state index < -0.39 is 6.10 Å². The quantitative estimate of drug-likeness (QED) is 0.790. The van der Waals surface area contributed by atoms with Gasteiger partial charge in [-0.25, -0.2) is 4.98 Å². The second kappa shape index (κ2) is 6.06. The van der Waals surface area contributed by atoms with Gasteiger partial charge in [0.2, 0.25) is 0 Å². The van der Waals surface area contributed by atoms with Crippen molar-refractivity contribution in [2.45, 2.75) is 19.1 Å². The van der Waals surface area contributed by atoms with Gasteiger partial charge in [-0.05, 0) is 35.9 Å². The Morgan fingerprint density at radius 3 is 2.81 bits per heavy atom. The molecule has 1 N–H and O–H groups in total. The third-order valence-corrected chi connectivity index (χ3v) is 4.00. The van der Waals surface area contributed by atoms with Crippen molar-refractivity contribution in [2.24, 2.45) is 0 Å². The number of fused-ring (bicyclic) bond motifs is 1. The van der Waals surface area contributed by atoms with E-state index in [-0.39, 0.29) is 0 Å². The molecule has 3 rings (SSSR count). The maximum atomic E-state index is 10.3. The fourth-order valence-electron chi connectivity index (χ4n) is 2.40. The molecule has 1 unspecified atom stereocenters. The van der Waals surface area contributed by atoms with Gasteiger partial charge in [-0.1, -0.05) is 35.3 Å². The van der Waals surface area contributed by atoms with Crippen LogP contribution in [0.5, 0.6) is 0 Å². The van der Waals surface area contributed by atoms with Crippen molar-refractivity contribution in [3.8, 4) is 0 Å². The molecule has 3 nitrogen and oxygen atoms in total. The second-order valence-electron chi connectivity index (χ2n) is 4.98. The summed E-state index contributed by atoms with van der Waals surface area (Å²) in [4.78, 5) is 4.32. The Bertz CT molecular complexity index is 770. The summed E-state index contributed by atoms with van der Waals surface area (Å²) in [5.41, 5.74) is 2.78. The van der Waals surface area contributed by atoms with Gasteiger partial charge in [0.05, 0.1) is 30.0 Å². The molecule has 0 spiro atoms. The Labute approximate surface area is 132 Å². The first-order valence-electron chi connectivity index (χ1n) is 6.65. The van der Waals surface area contributed by atoms with Gasteiger partial charge in [-0.3, -0.25) is 0 Å². The van der Waals surface area contributed by atoms with Gasteiger partial charge in [0, 0.05) is 16.5 Å². The van der Waals surface area contributed by atoms with Gasteiger partial charge < -0.3 is 9.67 Å². The summed E-state index contributed by atoms with van der Waals surface area (Å²) >= 11 is 12.1. The second-order valence-corrected chi connectivity index (χ2v) is 5.82. The van der Waals surface area contributed by atoms with Gasteiger partial charge >= 0.3 is 0 Å². The maximum Gasteiger partial charge on any atom is 0.0959 e. The van der Waals surface area contributed by atoms with E-state index >= 15 is 0 Å². The molecule has 1 heterocycles. The largest absolute Gasteiger partial charge is 0.391 e. The molecule has 21 heavy (non-hydrogen) atoms. The number of para-hydroxylation sites is 2. The zero-order chi connectivity index (χ0) is 14.8. The SMILES string of the molecule is OC(Cc1cc(Cl)ccc1Cl)Cn1cnc2ccccc21. The van der Waals surface area contributed by atoms with Crippen LogP contribution in [-0.2, 0) is 13.0 Å². The van der Waals surface area contributed by atoms with E-state index in [0.717, 1.165) is 16.6 Å². The minimum absolute atomic E-state index is 0.450. The first-order chi connectivity index (χ1) is 10.1. The molecule has 3 aromatic rings. The molecule has 0 bridgehead atoms. The maximum absolute atomic E-state index is 10.3. The molecular weight excluding hydrogens is 307 g/mol. The lowest BCUT2D eigenvalue weighted by atomic mass is 10.1. The van der Waals surface area contributed by atoms with Crippen LogP contribution in [-0.4, -0.2) is 20.8 Å². The smallest absolute Gasteiger partial charge is 0.0959 e. The number of halogens is 2. The molecular formula is C16H14Cl2N2O. The summed E-state index contributed by atoms with van der Waals surface area (Å²) in [5, 5.41) is 11.5. The lowest BCUT2D eigenvalue weighted by Crippen LogP contribution is -2.18. The number of rotatable bonds is 4. The Balaban J connectivity index is 1.77. The third-order valence-electron chi connectivity index (χ3n) is 3.40. The predicted molar refractivity (Wildman–Crippen MR) is 85.9 cm³/mol. The predicted octanol–water partition coefficient (Wildman–Crippen LogP) is 3.95. The van der Waals surface area contributed by atoms with Crippen LogP contribution in [0.4, 0.5) is 0 Å².